The Hall–Kier alpha value is -3.22. The topological polar surface area (TPSA) is 83.8 Å². The Labute approximate surface area is 119 Å². The van der Waals surface area contributed by atoms with Crippen molar-refractivity contribution in [1.82, 2.24) is 29.5 Å². The molecule has 0 amide bonds. The van der Waals surface area contributed by atoms with Crippen LogP contribution in [-0.4, -0.2) is 29.5 Å². The third kappa shape index (κ3) is 2.00. The Balaban J connectivity index is 1.82. The van der Waals surface area contributed by atoms with E-state index in [4.69, 9.17) is 0 Å². The summed E-state index contributed by atoms with van der Waals surface area (Å²) in [5, 5.41) is 10.00. The van der Waals surface area contributed by atoms with Gasteiger partial charge in [-0.1, -0.05) is 0 Å². The average Bonchev–Trinajstić information content (AvgIpc) is 3.20. The number of nitrogens with zero attached hydrogens (tertiary/aromatic N) is 5. The van der Waals surface area contributed by atoms with Crippen molar-refractivity contribution >= 4 is 17.2 Å². The van der Waals surface area contributed by atoms with Gasteiger partial charge in [-0.2, -0.15) is 5.10 Å². The Morgan fingerprint density at radius 3 is 2.90 bits per heavy atom. The lowest BCUT2D eigenvalue weighted by atomic mass is 10.2. The summed E-state index contributed by atoms with van der Waals surface area (Å²) in [6.45, 7) is 0. The first-order chi connectivity index (χ1) is 10.4. The lowest BCUT2D eigenvalue weighted by Gasteiger charge is -2.09. The zero-order valence-corrected chi connectivity index (χ0v) is 10.9. The molecule has 4 aromatic rings. The molecule has 7 heteroatoms. The van der Waals surface area contributed by atoms with Gasteiger partial charge in [0.2, 0.25) is 0 Å². The summed E-state index contributed by atoms with van der Waals surface area (Å²) in [5.74, 6) is 0.681. The molecule has 4 rings (SSSR count). The van der Waals surface area contributed by atoms with Crippen LogP contribution in [0.2, 0.25) is 0 Å². The van der Waals surface area contributed by atoms with Crippen LogP contribution in [0.25, 0.3) is 16.9 Å². The van der Waals surface area contributed by atoms with Gasteiger partial charge in [0.25, 0.3) is 0 Å². The molecule has 7 nitrogen and oxygen atoms in total. The minimum absolute atomic E-state index is 0.681. The van der Waals surface area contributed by atoms with Gasteiger partial charge >= 0.3 is 0 Å². The molecule has 0 fully saturated rings. The zero-order valence-electron chi connectivity index (χ0n) is 10.9. The molecule has 4 aromatic heterocycles. The summed E-state index contributed by atoms with van der Waals surface area (Å²) < 4.78 is 1.97. The first-order valence-electron chi connectivity index (χ1n) is 6.40. The van der Waals surface area contributed by atoms with Crippen LogP contribution >= 0.6 is 0 Å². The summed E-state index contributed by atoms with van der Waals surface area (Å²) >= 11 is 0. The minimum atomic E-state index is 0.681. The van der Waals surface area contributed by atoms with E-state index in [1.54, 1.807) is 31.0 Å². The van der Waals surface area contributed by atoms with Gasteiger partial charge in [0.15, 0.2) is 11.5 Å². The van der Waals surface area contributed by atoms with Crippen molar-refractivity contribution in [2.24, 2.45) is 0 Å². The molecule has 0 aromatic carbocycles. The molecule has 2 N–H and O–H groups in total. The second kappa shape index (κ2) is 4.71. The first-order valence-corrected chi connectivity index (χ1v) is 6.40. The fourth-order valence-electron chi connectivity index (χ4n) is 2.18. The molecular weight excluding hydrogens is 266 g/mol. The largest absolute Gasteiger partial charge is 0.336 e. The molecule has 21 heavy (non-hydrogen) atoms. The van der Waals surface area contributed by atoms with E-state index in [0.717, 1.165) is 22.6 Å². The van der Waals surface area contributed by atoms with Crippen LogP contribution in [0, 0.1) is 0 Å². The summed E-state index contributed by atoms with van der Waals surface area (Å²) in [7, 11) is 0. The predicted octanol–water partition coefficient (Wildman–Crippen LogP) is 2.26. The molecule has 102 valence electrons. The number of pyridine rings is 1. The van der Waals surface area contributed by atoms with Crippen molar-refractivity contribution in [1.29, 1.82) is 0 Å². The van der Waals surface area contributed by atoms with Crippen LogP contribution in [-0.2, 0) is 0 Å². The monoisotopic (exact) mass is 277 g/mol. The number of fused-ring (bicyclic) bond motifs is 1. The summed E-state index contributed by atoms with van der Waals surface area (Å²) in [6, 6.07) is 3.79. The van der Waals surface area contributed by atoms with Crippen LogP contribution in [0.1, 0.15) is 0 Å². The van der Waals surface area contributed by atoms with E-state index in [0.29, 0.717) is 5.82 Å². The molecule has 0 unspecified atom stereocenters. The Bertz CT molecular complexity index is 865. The summed E-state index contributed by atoms with van der Waals surface area (Å²) in [4.78, 5) is 12.9. The fourth-order valence-corrected chi connectivity index (χ4v) is 2.18. The Morgan fingerprint density at radius 1 is 1.10 bits per heavy atom. The SMILES string of the molecule is c1cncc(Nc2ncc(-c3cn[nH]c3)n3ccnc23)c1. The van der Waals surface area contributed by atoms with E-state index >= 15 is 0 Å². The summed E-state index contributed by atoms with van der Waals surface area (Å²) in [5.41, 5.74) is 3.50. The van der Waals surface area contributed by atoms with E-state index in [2.05, 4.69) is 30.5 Å². The van der Waals surface area contributed by atoms with Crippen LogP contribution in [0.5, 0.6) is 0 Å². The van der Waals surface area contributed by atoms with E-state index < -0.39 is 0 Å². The molecular formula is C14H11N7. The Kier molecular flexibility index (Phi) is 2.60. The fraction of sp³-hybridized carbons (Fsp3) is 0. The molecule has 0 bridgehead atoms. The van der Waals surface area contributed by atoms with E-state index in [1.165, 1.54) is 0 Å². The average molecular weight is 277 g/mol. The number of hydrogen-bond acceptors (Lipinski definition) is 5. The maximum Gasteiger partial charge on any atom is 0.180 e. The standard InChI is InChI=1S/C14H11N7/c1-2-11(8-15-3-1)20-13-14-16-4-5-21(14)12(9-17-13)10-6-18-19-7-10/h1-9H,(H,17,20)(H,18,19). The highest BCUT2D eigenvalue weighted by Crippen LogP contribution is 2.24. The van der Waals surface area contributed by atoms with Crippen LogP contribution in [0.3, 0.4) is 0 Å². The zero-order chi connectivity index (χ0) is 14.1. The van der Waals surface area contributed by atoms with Gasteiger partial charge in [0.05, 0.1) is 30.0 Å². The van der Waals surface area contributed by atoms with E-state index in [9.17, 15) is 0 Å². The molecule has 0 radical (unpaired) electrons. The van der Waals surface area contributed by atoms with Crippen molar-refractivity contribution in [3.63, 3.8) is 0 Å². The van der Waals surface area contributed by atoms with Gasteiger partial charge in [0, 0.05) is 30.4 Å². The normalized spacial score (nSPS) is 10.9. The van der Waals surface area contributed by atoms with Crippen LogP contribution in [0.15, 0.2) is 55.5 Å². The highest BCUT2D eigenvalue weighted by molar-refractivity contribution is 5.73. The van der Waals surface area contributed by atoms with Gasteiger partial charge in [-0.3, -0.25) is 14.5 Å². The third-order valence-electron chi connectivity index (χ3n) is 3.15. The molecule has 0 aliphatic rings. The van der Waals surface area contributed by atoms with Gasteiger partial charge < -0.3 is 5.32 Å². The molecule has 0 aliphatic carbocycles. The van der Waals surface area contributed by atoms with Crippen molar-refractivity contribution in [3.8, 4) is 11.3 Å². The molecule has 0 atom stereocenters. The maximum atomic E-state index is 4.47. The number of hydrogen-bond donors (Lipinski definition) is 2. The highest BCUT2D eigenvalue weighted by Gasteiger charge is 2.10. The van der Waals surface area contributed by atoms with Crippen molar-refractivity contribution in [2.75, 3.05) is 5.32 Å². The minimum Gasteiger partial charge on any atom is -0.336 e. The second-order valence-electron chi connectivity index (χ2n) is 4.47. The van der Waals surface area contributed by atoms with Crippen molar-refractivity contribution < 1.29 is 0 Å². The first kappa shape index (κ1) is 11.6. The number of rotatable bonds is 3. The second-order valence-corrected chi connectivity index (χ2v) is 4.47. The molecule has 0 saturated heterocycles. The lowest BCUT2D eigenvalue weighted by Crippen LogP contribution is -2.00. The molecule has 0 aliphatic heterocycles. The number of anilines is 2. The maximum absolute atomic E-state index is 4.47. The van der Waals surface area contributed by atoms with Crippen LogP contribution in [0.4, 0.5) is 11.5 Å². The van der Waals surface area contributed by atoms with Gasteiger partial charge in [-0.15, -0.1) is 0 Å². The molecule has 0 saturated carbocycles. The Morgan fingerprint density at radius 2 is 2.10 bits per heavy atom. The van der Waals surface area contributed by atoms with Crippen molar-refractivity contribution in [3.05, 3.63) is 55.5 Å². The quantitative estimate of drug-likeness (QED) is 0.600. The predicted molar refractivity (Wildman–Crippen MR) is 78.1 cm³/mol. The number of nitrogens with one attached hydrogen (secondary N) is 2. The number of imidazole rings is 1. The number of aromatic nitrogens is 6. The van der Waals surface area contributed by atoms with E-state index in [1.807, 2.05) is 28.9 Å². The lowest BCUT2D eigenvalue weighted by molar-refractivity contribution is 1.09. The van der Waals surface area contributed by atoms with Gasteiger partial charge in [-0.05, 0) is 12.1 Å². The number of H-pyrrole nitrogens is 1. The van der Waals surface area contributed by atoms with Gasteiger partial charge in [0.1, 0.15) is 0 Å². The summed E-state index contributed by atoms with van der Waals surface area (Å²) in [6.07, 6.45) is 12.5. The smallest absolute Gasteiger partial charge is 0.180 e. The van der Waals surface area contributed by atoms with Gasteiger partial charge in [-0.25, -0.2) is 9.97 Å². The van der Waals surface area contributed by atoms with E-state index in [-0.39, 0.29) is 0 Å². The van der Waals surface area contributed by atoms with Crippen LogP contribution < -0.4 is 5.32 Å². The molecule has 0 spiro atoms. The molecule has 4 heterocycles. The van der Waals surface area contributed by atoms with Crippen molar-refractivity contribution in [2.45, 2.75) is 0 Å². The highest BCUT2D eigenvalue weighted by atomic mass is 15.1. The third-order valence-corrected chi connectivity index (χ3v) is 3.15. The number of aromatic amines is 1.